The second-order valence-corrected chi connectivity index (χ2v) is 10.9. The molecule has 41 heavy (non-hydrogen) atoms. The molecule has 0 bridgehead atoms. The van der Waals surface area contributed by atoms with Crippen molar-refractivity contribution >= 4 is 33.2 Å². The zero-order chi connectivity index (χ0) is 26.9. The minimum absolute atomic E-state index is 0.0913. The third-order valence-electron chi connectivity index (χ3n) is 8.72. The van der Waals surface area contributed by atoms with Gasteiger partial charge in [-0.15, -0.1) is 0 Å². The molecule has 194 valence electrons. The van der Waals surface area contributed by atoms with E-state index < -0.39 is 0 Å². The van der Waals surface area contributed by atoms with Crippen LogP contribution in [0.3, 0.4) is 0 Å². The highest BCUT2D eigenvalue weighted by Crippen LogP contribution is 2.54. The Kier molecular flexibility index (Phi) is 4.73. The molecule has 1 aromatic heterocycles. The van der Waals surface area contributed by atoms with Crippen molar-refractivity contribution in [3.63, 3.8) is 0 Å². The highest BCUT2D eigenvalue weighted by Gasteiger charge is 2.47. The Labute approximate surface area is 238 Å². The Morgan fingerprint density at radius 2 is 1.20 bits per heavy atom. The van der Waals surface area contributed by atoms with Crippen molar-refractivity contribution < 1.29 is 4.74 Å². The normalized spacial score (nSPS) is 16.9. The van der Waals surface area contributed by atoms with Crippen LogP contribution >= 0.6 is 0 Å². The molecular weight excluding hydrogens is 500 g/mol. The molecule has 3 heterocycles. The van der Waals surface area contributed by atoms with Gasteiger partial charge < -0.3 is 14.2 Å². The minimum Gasteiger partial charge on any atom is -0.469 e. The number of benzene rings is 6. The van der Waals surface area contributed by atoms with Gasteiger partial charge in [-0.2, -0.15) is 0 Å². The van der Waals surface area contributed by atoms with Gasteiger partial charge >= 0.3 is 0 Å². The van der Waals surface area contributed by atoms with Crippen LogP contribution in [0.25, 0.3) is 38.6 Å². The maximum absolute atomic E-state index is 6.60. The van der Waals surface area contributed by atoms with Crippen molar-refractivity contribution in [3.05, 3.63) is 157 Å². The van der Waals surface area contributed by atoms with Gasteiger partial charge in [0.15, 0.2) is 6.23 Å². The second-order valence-electron chi connectivity index (χ2n) is 10.9. The van der Waals surface area contributed by atoms with E-state index in [0.717, 1.165) is 11.4 Å². The smallest absolute Gasteiger partial charge is 0.187 e. The van der Waals surface area contributed by atoms with E-state index in [1.807, 2.05) is 0 Å². The maximum Gasteiger partial charge on any atom is 0.187 e. The third-order valence-corrected chi connectivity index (χ3v) is 8.72. The van der Waals surface area contributed by atoms with Crippen molar-refractivity contribution in [2.24, 2.45) is 0 Å². The number of hydrogen-bond acceptors (Lipinski definition) is 2. The quantitative estimate of drug-likeness (QED) is 0.228. The summed E-state index contributed by atoms with van der Waals surface area (Å²) >= 11 is 0. The maximum atomic E-state index is 6.60. The summed E-state index contributed by atoms with van der Waals surface area (Å²) in [6.07, 6.45) is -0.0913. The van der Waals surface area contributed by atoms with Crippen LogP contribution in [-0.4, -0.2) is 10.8 Å². The molecular formula is C38H26N2O. The van der Waals surface area contributed by atoms with Crippen LogP contribution in [0.1, 0.15) is 17.0 Å². The van der Waals surface area contributed by atoms with Crippen LogP contribution in [0.2, 0.25) is 0 Å². The first-order valence-electron chi connectivity index (χ1n) is 14.2. The number of aromatic nitrogens is 1. The molecule has 3 heteroatoms. The topological polar surface area (TPSA) is 17.4 Å². The summed E-state index contributed by atoms with van der Waals surface area (Å²) in [5, 5.41) is 2.52. The minimum atomic E-state index is -0.0913. The van der Waals surface area contributed by atoms with Gasteiger partial charge in [0.1, 0.15) is 5.75 Å². The molecule has 2 aliphatic rings. The molecule has 0 amide bonds. The standard InChI is InChI=1S/C38H26N2O/c1-2-12-27(13-3-1)39-33-18-7-4-15-29(33)32-24-26(21-22-35(32)39)25-11-10-14-28(23-25)40-34-19-8-5-16-30(34)37-31-17-6-9-20-36(31)41-38(37)40/h1-24,37-38H. The van der Waals surface area contributed by atoms with Crippen LogP contribution in [0, 0.1) is 0 Å². The molecule has 6 aromatic carbocycles. The van der Waals surface area contributed by atoms with Gasteiger partial charge in [0, 0.05) is 33.4 Å². The third kappa shape index (κ3) is 3.26. The molecule has 2 unspecified atom stereocenters. The molecule has 3 nitrogen and oxygen atoms in total. The summed E-state index contributed by atoms with van der Waals surface area (Å²) in [7, 11) is 0. The number of nitrogens with zero attached hydrogens (tertiary/aromatic N) is 2. The summed E-state index contributed by atoms with van der Waals surface area (Å²) in [6, 6.07) is 52.3. The van der Waals surface area contributed by atoms with Crippen LogP contribution in [0.5, 0.6) is 5.75 Å². The molecule has 2 aliphatic heterocycles. The molecule has 0 fully saturated rings. The van der Waals surface area contributed by atoms with E-state index in [-0.39, 0.29) is 12.1 Å². The molecule has 0 saturated carbocycles. The van der Waals surface area contributed by atoms with Crippen molar-refractivity contribution in [1.82, 2.24) is 4.57 Å². The average molecular weight is 527 g/mol. The Hall–Kier alpha value is -5.28. The number of hydrogen-bond donors (Lipinski definition) is 0. The van der Waals surface area contributed by atoms with Crippen LogP contribution in [-0.2, 0) is 0 Å². The first-order chi connectivity index (χ1) is 20.3. The predicted molar refractivity (Wildman–Crippen MR) is 167 cm³/mol. The fourth-order valence-corrected chi connectivity index (χ4v) is 6.96. The van der Waals surface area contributed by atoms with E-state index in [4.69, 9.17) is 4.74 Å². The Balaban J connectivity index is 1.18. The van der Waals surface area contributed by atoms with Gasteiger partial charge in [-0.05, 0) is 71.3 Å². The molecule has 0 saturated heterocycles. The Bertz CT molecular complexity index is 2110. The van der Waals surface area contributed by atoms with Gasteiger partial charge in [0.25, 0.3) is 0 Å². The average Bonchev–Trinajstić information content (AvgIpc) is 3.68. The lowest BCUT2D eigenvalue weighted by molar-refractivity contribution is 0.234. The summed E-state index contributed by atoms with van der Waals surface area (Å²) in [5.74, 6) is 1.19. The lowest BCUT2D eigenvalue weighted by atomic mass is 9.93. The number of ether oxygens (including phenoxy) is 1. The van der Waals surface area contributed by atoms with Crippen molar-refractivity contribution in [2.45, 2.75) is 12.1 Å². The summed E-state index contributed by atoms with van der Waals surface area (Å²) in [5.41, 5.74) is 11.0. The molecule has 0 spiro atoms. The SMILES string of the molecule is c1ccc(-n2c3ccccc3c3cc(-c4cccc(N5c6ccccc6C6c7ccccc7OC65)c4)ccc32)cc1. The molecule has 0 aliphatic carbocycles. The predicted octanol–water partition coefficient (Wildman–Crippen LogP) is 9.45. The largest absolute Gasteiger partial charge is 0.469 e. The van der Waals surface area contributed by atoms with Crippen LogP contribution in [0.15, 0.2) is 146 Å². The Morgan fingerprint density at radius 3 is 2.12 bits per heavy atom. The summed E-state index contributed by atoms with van der Waals surface area (Å²) in [6.45, 7) is 0. The zero-order valence-corrected chi connectivity index (χ0v) is 22.3. The van der Waals surface area contributed by atoms with E-state index in [0.29, 0.717) is 0 Å². The number of anilines is 2. The van der Waals surface area contributed by atoms with Crippen molar-refractivity contribution in [3.8, 4) is 22.6 Å². The van der Waals surface area contributed by atoms with Gasteiger partial charge in [0.05, 0.1) is 17.0 Å². The Morgan fingerprint density at radius 1 is 0.488 bits per heavy atom. The fourth-order valence-electron chi connectivity index (χ4n) is 6.96. The van der Waals surface area contributed by atoms with E-state index in [9.17, 15) is 0 Å². The van der Waals surface area contributed by atoms with Gasteiger partial charge in [-0.1, -0.05) is 91.0 Å². The highest BCUT2D eigenvalue weighted by atomic mass is 16.5. The van der Waals surface area contributed by atoms with Crippen LogP contribution in [0.4, 0.5) is 11.4 Å². The van der Waals surface area contributed by atoms with E-state index in [1.54, 1.807) is 0 Å². The number of fused-ring (bicyclic) bond motifs is 8. The first-order valence-corrected chi connectivity index (χ1v) is 14.2. The van der Waals surface area contributed by atoms with Crippen molar-refractivity contribution in [2.75, 3.05) is 4.90 Å². The lowest BCUT2D eigenvalue weighted by Gasteiger charge is -2.27. The lowest BCUT2D eigenvalue weighted by Crippen LogP contribution is -2.32. The zero-order valence-electron chi connectivity index (χ0n) is 22.3. The summed E-state index contributed by atoms with van der Waals surface area (Å²) in [4.78, 5) is 2.38. The van der Waals surface area contributed by atoms with Gasteiger partial charge in [-0.25, -0.2) is 0 Å². The van der Waals surface area contributed by atoms with E-state index in [1.165, 1.54) is 55.4 Å². The monoisotopic (exact) mass is 526 g/mol. The molecule has 7 aromatic rings. The fraction of sp³-hybridized carbons (Fsp3) is 0.0526. The second kappa shape index (κ2) is 8.61. The van der Waals surface area contributed by atoms with Gasteiger partial charge in [0.2, 0.25) is 0 Å². The van der Waals surface area contributed by atoms with Crippen LogP contribution < -0.4 is 9.64 Å². The first kappa shape index (κ1) is 22.5. The van der Waals surface area contributed by atoms with Crippen molar-refractivity contribution in [1.29, 1.82) is 0 Å². The van der Waals surface area contributed by atoms with E-state index >= 15 is 0 Å². The van der Waals surface area contributed by atoms with Gasteiger partial charge in [-0.3, -0.25) is 0 Å². The molecule has 0 N–H and O–H groups in total. The highest BCUT2D eigenvalue weighted by molar-refractivity contribution is 6.10. The molecule has 2 atom stereocenters. The van der Waals surface area contributed by atoms with E-state index in [2.05, 4.69) is 155 Å². The molecule has 0 radical (unpaired) electrons. The molecule has 9 rings (SSSR count). The number of para-hydroxylation sites is 4. The summed E-state index contributed by atoms with van der Waals surface area (Å²) < 4.78 is 8.96. The number of rotatable bonds is 3.